The summed E-state index contributed by atoms with van der Waals surface area (Å²) in [6.45, 7) is 4.61. The number of carbonyl (C=O) groups is 1. The highest BCUT2D eigenvalue weighted by Crippen LogP contribution is 2.32. The van der Waals surface area contributed by atoms with Gasteiger partial charge in [-0.15, -0.1) is 0 Å². The monoisotopic (exact) mass is 247 g/mol. The Labute approximate surface area is 108 Å². The van der Waals surface area contributed by atoms with Gasteiger partial charge < -0.3 is 10.6 Å². The standard InChI is InChI=1S/C14H21N3O/c1-14(2,15)9-13(18)17-8-4-6-12(17)11-5-3-7-16-10-11/h3,5,7,10,12H,4,6,8-9,15H2,1-2H3. The Morgan fingerprint density at radius 1 is 1.61 bits per heavy atom. The summed E-state index contributed by atoms with van der Waals surface area (Å²) in [4.78, 5) is 18.4. The first-order valence-electron chi connectivity index (χ1n) is 6.46. The molecule has 1 atom stereocenters. The summed E-state index contributed by atoms with van der Waals surface area (Å²) in [6.07, 6.45) is 6.07. The van der Waals surface area contributed by atoms with Crippen LogP contribution in [0.15, 0.2) is 24.5 Å². The van der Waals surface area contributed by atoms with Gasteiger partial charge in [-0.25, -0.2) is 0 Å². The maximum Gasteiger partial charge on any atom is 0.224 e. The second-order valence-electron chi connectivity index (χ2n) is 5.70. The van der Waals surface area contributed by atoms with E-state index < -0.39 is 5.54 Å². The van der Waals surface area contributed by atoms with E-state index in [1.807, 2.05) is 37.1 Å². The second-order valence-corrected chi connectivity index (χ2v) is 5.70. The Morgan fingerprint density at radius 2 is 2.39 bits per heavy atom. The van der Waals surface area contributed by atoms with Crippen LogP contribution in [-0.4, -0.2) is 27.9 Å². The molecule has 2 rings (SSSR count). The average Bonchev–Trinajstić information content (AvgIpc) is 2.76. The van der Waals surface area contributed by atoms with Crippen molar-refractivity contribution in [2.24, 2.45) is 5.73 Å². The van der Waals surface area contributed by atoms with Crippen LogP contribution >= 0.6 is 0 Å². The van der Waals surface area contributed by atoms with E-state index in [4.69, 9.17) is 5.73 Å². The molecule has 0 radical (unpaired) electrons. The van der Waals surface area contributed by atoms with Gasteiger partial charge in [0.25, 0.3) is 0 Å². The van der Waals surface area contributed by atoms with Gasteiger partial charge in [0, 0.05) is 30.9 Å². The molecule has 0 bridgehead atoms. The van der Waals surface area contributed by atoms with Crippen molar-refractivity contribution in [2.75, 3.05) is 6.54 Å². The number of nitrogens with two attached hydrogens (primary N) is 1. The van der Waals surface area contributed by atoms with E-state index in [1.165, 1.54) is 0 Å². The highest BCUT2D eigenvalue weighted by molar-refractivity contribution is 5.78. The van der Waals surface area contributed by atoms with E-state index in [0.29, 0.717) is 6.42 Å². The molecule has 4 heteroatoms. The number of carbonyl (C=O) groups excluding carboxylic acids is 1. The first-order chi connectivity index (χ1) is 8.47. The number of likely N-dealkylation sites (tertiary alicyclic amines) is 1. The molecule has 1 unspecified atom stereocenters. The fourth-order valence-electron chi connectivity index (χ4n) is 2.48. The highest BCUT2D eigenvalue weighted by Gasteiger charge is 2.31. The van der Waals surface area contributed by atoms with Crippen LogP contribution in [0.5, 0.6) is 0 Å². The summed E-state index contributed by atoms with van der Waals surface area (Å²) in [5.41, 5.74) is 6.61. The lowest BCUT2D eigenvalue weighted by Gasteiger charge is -2.28. The van der Waals surface area contributed by atoms with E-state index in [9.17, 15) is 4.79 Å². The van der Waals surface area contributed by atoms with E-state index in [-0.39, 0.29) is 11.9 Å². The van der Waals surface area contributed by atoms with Crippen LogP contribution in [0.3, 0.4) is 0 Å². The minimum absolute atomic E-state index is 0.147. The molecule has 1 amide bonds. The Kier molecular flexibility index (Phi) is 3.66. The van der Waals surface area contributed by atoms with Crippen LogP contribution in [0.2, 0.25) is 0 Å². The predicted molar refractivity (Wildman–Crippen MR) is 70.8 cm³/mol. The molecule has 4 nitrogen and oxygen atoms in total. The molecule has 98 valence electrons. The molecule has 1 fully saturated rings. The van der Waals surface area contributed by atoms with Gasteiger partial charge in [0.2, 0.25) is 5.91 Å². The minimum atomic E-state index is -0.445. The summed E-state index contributed by atoms with van der Waals surface area (Å²) in [5.74, 6) is 0.147. The molecule has 1 aromatic heterocycles. The second kappa shape index (κ2) is 5.06. The Balaban J connectivity index is 2.11. The summed E-state index contributed by atoms with van der Waals surface area (Å²) in [7, 11) is 0. The molecule has 0 spiro atoms. The molecular weight excluding hydrogens is 226 g/mol. The zero-order chi connectivity index (χ0) is 13.2. The van der Waals surface area contributed by atoms with Gasteiger partial charge in [-0.1, -0.05) is 6.07 Å². The lowest BCUT2D eigenvalue weighted by atomic mass is 10.0. The molecular formula is C14H21N3O. The molecule has 0 aromatic carbocycles. The van der Waals surface area contributed by atoms with E-state index >= 15 is 0 Å². The van der Waals surface area contributed by atoms with Gasteiger partial charge >= 0.3 is 0 Å². The number of nitrogens with zero attached hydrogens (tertiary/aromatic N) is 2. The number of amides is 1. The summed E-state index contributed by atoms with van der Waals surface area (Å²) >= 11 is 0. The van der Waals surface area contributed by atoms with Gasteiger partial charge in [0.1, 0.15) is 0 Å². The SMILES string of the molecule is CC(C)(N)CC(=O)N1CCCC1c1cccnc1. The quantitative estimate of drug-likeness (QED) is 0.887. The van der Waals surface area contributed by atoms with Crippen LogP contribution in [0, 0.1) is 0 Å². The van der Waals surface area contributed by atoms with Crippen LogP contribution in [0.4, 0.5) is 0 Å². The third kappa shape index (κ3) is 3.07. The molecule has 0 aliphatic carbocycles. The maximum atomic E-state index is 12.3. The molecule has 1 aromatic rings. The lowest BCUT2D eigenvalue weighted by molar-refractivity contribution is -0.133. The third-order valence-electron chi connectivity index (χ3n) is 3.25. The Morgan fingerprint density at radius 3 is 3.00 bits per heavy atom. The fourth-order valence-corrected chi connectivity index (χ4v) is 2.48. The molecule has 1 aliphatic rings. The average molecular weight is 247 g/mol. The van der Waals surface area contributed by atoms with Gasteiger partial charge in [-0.3, -0.25) is 9.78 Å². The molecule has 1 aliphatic heterocycles. The van der Waals surface area contributed by atoms with Crippen molar-refractivity contribution in [3.8, 4) is 0 Å². The number of rotatable bonds is 3. The van der Waals surface area contributed by atoms with Crippen molar-refractivity contribution in [3.63, 3.8) is 0 Å². The molecule has 2 heterocycles. The molecule has 2 N–H and O–H groups in total. The van der Waals surface area contributed by atoms with Gasteiger partial charge in [0.15, 0.2) is 0 Å². The summed E-state index contributed by atoms with van der Waals surface area (Å²) in [6, 6.07) is 4.13. The van der Waals surface area contributed by atoms with E-state index in [0.717, 1.165) is 24.9 Å². The van der Waals surface area contributed by atoms with Crippen molar-refractivity contribution in [3.05, 3.63) is 30.1 Å². The third-order valence-corrected chi connectivity index (χ3v) is 3.25. The number of aromatic nitrogens is 1. The highest BCUT2D eigenvalue weighted by atomic mass is 16.2. The first kappa shape index (κ1) is 13.0. The zero-order valence-electron chi connectivity index (χ0n) is 11.1. The van der Waals surface area contributed by atoms with E-state index in [1.54, 1.807) is 6.20 Å². The maximum absolute atomic E-state index is 12.3. The fraction of sp³-hybridized carbons (Fsp3) is 0.571. The summed E-state index contributed by atoms with van der Waals surface area (Å²) in [5, 5.41) is 0. The first-order valence-corrected chi connectivity index (χ1v) is 6.46. The molecule has 18 heavy (non-hydrogen) atoms. The van der Waals surface area contributed by atoms with Gasteiger partial charge in [-0.2, -0.15) is 0 Å². The van der Waals surface area contributed by atoms with Gasteiger partial charge in [0.05, 0.1) is 6.04 Å². The van der Waals surface area contributed by atoms with Crippen LogP contribution in [0.1, 0.15) is 44.7 Å². The smallest absolute Gasteiger partial charge is 0.224 e. The number of pyridine rings is 1. The predicted octanol–water partition coefficient (Wildman–Crippen LogP) is 1.87. The van der Waals surface area contributed by atoms with Crippen LogP contribution < -0.4 is 5.73 Å². The largest absolute Gasteiger partial charge is 0.336 e. The van der Waals surface area contributed by atoms with E-state index in [2.05, 4.69) is 4.98 Å². The van der Waals surface area contributed by atoms with Crippen LogP contribution in [0.25, 0.3) is 0 Å². The molecule has 1 saturated heterocycles. The summed E-state index contributed by atoms with van der Waals surface area (Å²) < 4.78 is 0. The minimum Gasteiger partial charge on any atom is -0.336 e. The Bertz CT molecular complexity index is 411. The zero-order valence-corrected chi connectivity index (χ0v) is 11.1. The topological polar surface area (TPSA) is 59.2 Å². The Hall–Kier alpha value is -1.42. The van der Waals surface area contributed by atoms with Crippen molar-refractivity contribution in [1.82, 2.24) is 9.88 Å². The molecule has 0 saturated carbocycles. The van der Waals surface area contributed by atoms with Gasteiger partial charge in [-0.05, 0) is 38.3 Å². The van der Waals surface area contributed by atoms with Crippen molar-refractivity contribution in [2.45, 2.75) is 44.7 Å². The van der Waals surface area contributed by atoms with Crippen molar-refractivity contribution in [1.29, 1.82) is 0 Å². The normalized spacial score (nSPS) is 20.2. The van der Waals surface area contributed by atoms with Crippen molar-refractivity contribution < 1.29 is 4.79 Å². The number of hydrogen-bond acceptors (Lipinski definition) is 3. The van der Waals surface area contributed by atoms with Crippen molar-refractivity contribution >= 4 is 5.91 Å². The lowest BCUT2D eigenvalue weighted by Crippen LogP contribution is -2.41. The number of hydrogen-bond donors (Lipinski definition) is 1. The van der Waals surface area contributed by atoms with Crippen LogP contribution in [-0.2, 0) is 4.79 Å².